The first-order chi connectivity index (χ1) is 7.70. The topological polar surface area (TPSA) is 55.6 Å². The summed E-state index contributed by atoms with van der Waals surface area (Å²) in [7, 11) is 0. The first-order valence-electron chi connectivity index (χ1n) is 5.11. The molecule has 0 aromatic heterocycles. The van der Waals surface area contributed by atoms with Gasteiger partial charge in [-0.3, -0.25) is 4.79 Å². The summed E-state index contributed by atoms with van der Waals surface area (Å²) in [5, 5.41) is 0.400. The Morgan fingerprint density at radius 3 is 2.69 bits per heavy atom. The summed E-state index contributed by atoms with van der Waals surface area (Å²) < 4.78 is 5.26. The van der Waals surface area contributed by atoms with Gasteiger partial charge in [0.2, 0.25) is 0 Å². The Morgan fingerprint density at radius 2 is 2.06 bits per heavy atom. The minimum Gasteiger partial charge on any atom is -0.378 e. The van der Waals surface area contributed by atoms with Crippen LogP contribution in [0.3, 0.4) is 0 Å². The maximum atomic E-state index is 11.4. The van der Waals surface area contributed by atoms with E-state index in [2.05, 4.69) is 4.90 Å². The summed E-state index contributed by atoms with van der Waals surface area (Å²) in [6.45, 7) is 2.82. The average Bonchev–Trinajstić information content (AvgIpc) is 2.29. The Morgan fingerprint density at radius 1 is 1.38 bits per heavy atom. The Balaban J connectivity index is 2.38. The summed E-state index contributed by atoms with van der Waals surface area (Å²) in [4.78, 5) is 13.4. The molecule has 0 unspecified atom stereocenters. The molecule has 1 heterocycles. The first kappa shape index (κ1) is 11.2. The lowest BCUT2D eigenvalue weighted by molar-refractivity contribution is 0.0998. The Kier molecular flexibility index (Phi) is 3.31. The van der Waals surface area contributed by atoms with Gasteiger partial charge in [-0.15, -0.1) is 0 Å². The molecule has 5 heteroatoms. The van der Waals surface area contributed by atoms with Gasteiger partial charge in [0.25, 0.3) is 5.91 Å². The molecule has 1 aliphatic heterocycles. The number of halogens is 1. The van der Waals surface area contributed by atoms with Crippen LogP contribution in [-0.2, 0) is 4.74 Å². The predicted octanol–water partition coefficient (Wildman–Crippen LogP) is 1.28. The highest BCUT2D eigenvalue weighted by molar-refractivity contribution is 6.34. The third-order valence-corrected chi connectivity index (χ3v) is 2.90. The van der Waals surface area contributed by atoms with Crippen LogP contribution < -0.4 is 10.6 Å². The highest BCUT2D eigenvalue weighted by atomic mass is 35.5. The van der Waals surface area contributed by atoms with Gasteiger partial charge in [-0.25, -0.2) is 0 Å². The van der Waals surface area contributed by atoms with Gasteiger partial charge in [0.1, 0.15) is 0 Å². The smallest absolute Gasteiger partial charge is 0.252 e. The minimum absolute atomic E-state index is 0.395. The average molecular weight is 241 g/mol. The van der Waals surface area contributed by atoms with Crippen LogP contribution in [0.4, 0.5) is 5.69 Å². The van der Waals surface area contributed by atoms with E-state index < -0.39 is 5.91 Å². The zero-order chi connectivity index (χ0) is 11.5. The number of amides is 1. The number of primary amides is 1. The lowest BCUT2D eigenvalue weighted by Gasteiger charge is -2.30. The van der Waals surface area contributed by atoms with Crippen molar-refractivity contribution in [2.45, 2.75) is 0 Å². The van der Waals surface area contributed by atoms with Crippen molar-refractivity contribution in [1.82, 2.24) is 0 Å². The van der Waals surface area contributed by atoms with Crippen LogP contribution >= 0.6 is 11.6 Å². The molecular formula is C11H13ClN2O2. The lowest BCUT2D eigenvalue weighted by atomic mass is 10.1. The van der Waals surface area contributed by atoms with E-state index in [1.165, 1.54) is 0 Å². The number of carbonyl (C=O) groups is 1. The number of nitrogens with zero attached hydrogens (tertiary/aromatic N) is 1. The quantitative estimate of drug-likeness (QED) is 0.847. The minimum atomic E-state index is -0.493. The number of anilines is 1. The third-order valence-electron chi connectivity index (χ3n) is 2.59. The summed E-state index contributed by atoms with van der Waals surface area (Å²) in [6, 6.07) is 5.35. The first-order valence-corrected chi connectivity index (χ1v) is 5.49. The molecule has 1 aromatic carbocycles. The van der Waals surface area contributed by atoms with E-state index in [0.29, 0.717) is 23.8 Å². The van der Waals surface area contributed by atoms with Crippen LogP contribution in [0.15, 0.2) is 18.2 Å². The van der Waals surface area contributed by atoms with Crippen LogP contribution in [0.1, 0.15) is 10.4 Å². The number of ether oxygens (including phenoxy) is 1. The van der Waals surface area contributed by atoms with Crippen LogP contribution in [0.2, 0.25) is 5.02 Å². The van der Waals surface area contributed by atoms with Crippen molar-refractivity contribution >= 4 is 23.2 Å². The molecule has 16 heavy (non-hydrogen) atoms. The van der Waals surface area contributed by atoms with Crippen molar-refractivity contribution in [3.63, 3.8) is 0 Å². The molecule has 2 N–H and O–H groups in total. The maximum absolute atomic E-state index is 11.4. The molecule has 1 saturated heterocycles. The van der Waals surface area contributed by atoms with Crippen molar-refractivity contribution < 1.29 is 9.53 Å². The maximum Gasteiger partial charge on any atom is 0.252 e. The van der Waals surface area contributed by atoms with E-state index in [1.54, 1.807) is 6.07 Å². The van der Waals surface area contributed by atoms with Crippen LogP contribution in [-0.4, -0.2) is 32.2 Å². The number of hydrogen-bond donors (Lipinski definition) is 1. The van der Waals surface area contributed by atoms with E-state index in [-0.39, 0.29) is 0 Å². The third kappa shape index (κ3) is 2.13. The second-order valence-electron chi connectivity index (χ2n) is 3.60. The summed E-state index contributed by atoms with van der Waals surface area (Å²) in [6.07, 6.45) is 0. The molecule has 1 aliphatic rings. The highest BCUT2D eigenvalue weighted by Crippen LogP contribution is 2.27. The van der Waals surface area contributed by atoms with Gasteiger partial charge >= 0.3 is 0 Å². The van der Waals surface area contributed by atoms with Gasteiger partial charge in [0.05, 0.1) is 29.5 Å². The van der Waals surface area contributed by atoms with Crippen molar-refractivity contribution in [3.8, 4) is 0 Å². The molecule has 0 spiro atoms. The van der Waals surface area contributed by atoms with E-state index in [9.17, 15) is 4.79 Å². The molecule has 1 amide bonds. The zero-order valence-corrected chi connectivity index (χ0v) is 9.54. The van der Waals surface area contributed by atoms with Crippen molar-refractivity contribution in [2.75, 3.05) is 31.2 Å². The second-order valence-corrected chi connectivity index (χ2v) is 4.00. The Hall–Kier alpha value is -1.26. The molecular weight excluding hydrogens is 228 g/mol. The van der Waals surface area contributed by atoms with E-state index in [4.69, 9.17) is 22.1 Å². The van der Waals surface area contributed by atoms with Gasteiger partial charge in [-0.05, 0) is 12.1 Å². The predicted molar refractivity (Wildman–Crippen MR) is 63.0 cm³/mol. The largest absolute Gasteiger partial charge is 0.378 e. The van der Waals surface area contributed by atoms with Crippen LogP contribution in [0.25, 0.3) is 0 Å². The number of carbonyl (C=O) groups excluding carboxylic acids is 1. The molecule has 0 atom stereocenters. The highest BCUT2D eigenvalue weighted by Gasteiger charge is 2.19. The van der Waals surface area contributed by atoms with Crippen molar-refractivity contribution in [1.29, 1.82) is 0 Å². The summed E-state index contributed by atoms with van der Waals surface area (Å²) in [5.74, 6) is -0.493. The standard InChI is InChI=1S/C11H13ClN2O2/c12-8-2-1-3-9(10(8)11(13)15)14-4-6-16-7-5-14/h1-3H,4-7H2,(H2,13,15). The van der Waals surface area contributed by atoms with Gasteiger partial charge in [-0.1, -0.05) is 17.7 Å². The van der Waals surface area contributed by atoms with Crippen LogP contribution in [0.5, 0.6) is 0 Å². The number of nitrogens with two attached hydrogens (primary N) is 1. The number of hydrogen-bond acceptors (Lipinski definition) is 3. The fraction of sp³-hybridized carbons (Fsp3) is 0.364. The number of rotatable bonds is 2. The summed E-state index contributed by atoms with van der Waals surface area (Å²) in [5.41, 5.74) is 6.53. The number of benzene rings is 1. The van der Waals surface area contributed by atoms with Gasteiger partial charge in [-0.2, -0.15) is 0 Å². The fourth-order valence-corrected chi connectivity index (χ4v) is 2.09. The Bertz CT molecular complexity index is 403. The van der Waals surface area contributed by atoms with Gasteiger partial charge < -0.3 is 15.4 Å². The van der Waals surface area contributed by atoms with Gasteiger partial charge in [0, 0.05) is 13.1 Å². The zero-order valence-electron chi connectivity index (χ0n) is 8.78. The molecule has 0 aliphatic carbocycles. The molecule has 0 bridgehead atoms. The SMILES string of the molecule is NC(=O)c1c(Cl)cccc1N1CCOCC1. The van der Waals surface area contributed by atoms with Crippen molar-refractivity contribution in [3.05, 3.63) is 28.8 Å². The molecule has 1 fully saturated rings. The monoisotopic (exact) mass is 240 g/mol. The van der Waals surface area contributed by atoms with E-state index >= 15 is 0 Å². The molecule has 86 valence electrons. The second kappa shape index (κ2) is 4.72. The summed E-state index contributed by atoms with van der Waals surface area (Å²) >= 11 is 5.98. The Labute approximate surface area is 98.9 Å². The molecule has 0 radical (unpaired) electrons. The van der Waals surface area contributed by atoms with E-state index in [0.717, 1.165) is 18.8 Å². The van der Waals surface area contributed by atoms with Gasteiger partial charge in [0.15, 0.2) is 0 Å². The normalized spacial score (nSPS) is 16.2. The van der Waals surface area contributed by atoms with Crippen LogP contribution in [0, 0.1) is 0 Å². The lowest BCUT2D eigenvalue weighted by Crippen LogP contribution is -2.37. The molecule has 2 rings (SSSR count). The fourth-order valence-electron chi connectivity index (χ4n) is 1.82. The molecule has 0 saturated carbocycles. The molecule has 1 aromatic rings. The van der Waals surface area contributed by atoms with Crippen molar-refractivity contribution in [2.24, 2.45) is 5.73 Å². The molecule has 4 nitrogen and oxygen atoms in total. The van der Waals surface area contributed by atoms with E-state index in [1.807, 2.05) is 12.1 Å². The number of morpholine rings is 1.